The maximum Gasteiger partial charge on any atom is 0.310 e. The van der Waals surface area contributed by atoms with E-state index in [1.54, 1.807) is 0 Å². The van der Waals surface area contributed by atoms with Crippen molar-refractivity contribution >= 4 is 11.9 Å². The quantitative estimate of drug-likeness (QED) is 0.483. The van der Waals surface area contributed by atoms with Crippen LogP contribution in [0, 0.1) is 23.7 Å². The van der Waals surface area contributed by atoms with Gasteiger partial charge in [-0.3, -0.25) is 9.59 Å². The Hall–Kier alpha value is -1.18. The molecule has 0 amide bonds. The predicted molar refractivity (Wildman–Crippen MR) is 68.6 cm³/mol. The summed E-state index contributed by atoms with van der Waals surface area (Å²) >= 11 is 0. The number of carbonyl (C=O) groups is 2. The minimum Gasteiger partial charge on any atom is -0.463 e. The summed E-state index contributed by atoms with van der Waals surface area (Å²) in [6.07, 6.45) is 1.19. The van der Waals surface area contributed by atoms with E-state index in [9.17, 15) is 9.59 Å². The molecule has 2 bridgehead atoms. The molecule has 5 rings (SSSR count). The number of ether oxygens (including phenoxy) is 5. The van der Waals surface area contributed by atoms with Gasteiger partial charge in [0.2, 0.25) is 0 Å². The lowest BCUT2D eigenvalue weighted by Gasteiger charge is -2.25. The van der Waals surface area contributed by atoms with Gasteiger partial charge in [-0.15, -0.1) is 0 Å². The molecule has 22 heavy (non-hydrogen) atoms. The number of hydrogen-bond donors (Lipinski definition) is 0. The SMILES string of the molecule is O=C(OCC1CO1)C1C2CC(C3OC23)C1C(=O)OCC1CO1. The lowest BCUT2D eigenvalue weighted by atomic mass is 9.79. The van der Waals surface area contributed by atoms with Crippen molar-refractivity contribution in [2.24, 2.45) is 23.7 Å². The summed E-state index contributed by atoms with van der Waals surface area (Å²) in [7, 11) is 0. The van der Waals surface area contributed by atoms with Crippen LogP contribution >= 0.6 is 0 Å². The molecule has 0 spiro atoms. The van der Waals surface area contributed by atoms with Crippen molar-refractivity contribution in [2.45, 2.75) is 30.8 Å². The smallest absolute Gasteiger partial charge is 0.310 e. The molecule has 0 N–H and O–H groups in total. The van der Waals surface area contributed by atoms with Gasteiger partial charge in [0.1, 0.15) is 25.4 Å². The Labute approximate surface area is 127 Å². The van der Waals surface area contributed by atoms with E-state index in [0.29, 0.717) is 13.2 Å². The molecule has 7 nitrogen and oxygen atoms in total. The zero-order chi connectivity index (χ0) is 14.8. The molecule has 3 saturated heterocycles. The van der Waals surface area contributed by atoms with Crippen LogP contribution in [0.3, 0.4) is 0 Å². The third-order valence-electron chi connectivity index (χ3n) is 5.43. The second kappa shape index (κ2) is 4.66. The standard InChI is InChI=1S/C15H18O7/c16-14(20-4-6-2-18-6)10-8-1-9(13-12(8)22-13)11(10)15(17)21-5-7-3-19-7/h6-13H,1-5H2. The fourth-order valence-electron chi connectivity index (χ4n) is 4.16. The number of carbonyl (C=O) groups excluding carboxylic acids is 2. The number of esters is 2. The van der Waals surface area contributed by atoms with Gasteiger partial charge in [0.25, 0.3) is 0 Å². The van der Waals surface area contributed by atoms with Crippen molar-refractivity contribution in [1.82, 2.24) is 0 Å². The van der Waals surface area contributed by atoms with Gasteiger partial charge in [-0.1, -0.05) is 0 Å². The summed E-state index contributed by atoms with van der Waals surface area (Å²) in [5, 5.41) is 0. The van der Waals surface area contributed by atoms with Crippen molar-refractivity contribution in [3.63, 3.8) is 0 Å². The molecule has 5 aliphatic rings. The highest BCUT2D eigenvalue weighted by Crippen LogP contribution is 2.62. The molecule has 2 aliphatic carbocycles. The third-order valence-corrected chi connectivity index (χ3v) is 5.43. The highest BCUT2D eigenvalue weighted by Gasteiger charge is 2.71. The Morgan fingerprint density at radius 3 is 1.73 bits per heavy atom. The fraction of sp³-hybridized carbons (Fsp3) is 0.867. The van der Waals surface area contributed by atoms with Crippen molar-refractivity contribution < 1.29 is 33.3 Å². The lowest BCUT2D eigenvalue weighted by Crippen LogP contribution is -2.40. The first-order valence-corrected chi connectivity index (χ1v) is 7.94. The van der Waals surface area contributed by atoms with Crippen molar-refractivity contribution in [3.05, 3.63) is 0 Å². The average Bonchev–Trinajstić information content (AvgIpc) is 3.40. The molecule has 3 heterocycles. The largest absolute Gasteiger partial charge is 0.463 e. The molecule has 0 aromatic heterocycles. The van der Waals surface area contributed by atoms with E-state index in [0.717, 1.165) is 6.42 Å². The van der Waals surface area contributed by atoms with Gasteiger partial charge >= 0.3 is 11.9 Å². The lowest BCUT2D eigenvalue weighted by molar-refractivity contribution is -0.163. The Bertz CT molecular complexity index is 468. The van der Waals surface area contributed by atoms with E-state index in [2.05, 4.69) is 0 Å². The highest BCUT2D eigenvalue weighted by atomic mass is 16.6. The molecule has 0 radical (unpaired) electrons. The van der Waals surface area contributed by atoms with Crippen molar-refractivity contribution in [3.8, 4) is 0 Å². The predicted octanol–water partition coefficient (Wildman–Crippen LogP) is -0.480. The van der Waals surface area contributed by atoms with Gasteiger partial charge in [0, 0.05) is 11.8 Å². The van der Waals surface area contributed by atoms with Crippen LogP contribution in [-0.2, 0) is 33.3 Å². The molecule has 3 aliphatic heterocycles. The van der Waals surface area contributed by atoms with Gasteiger partial charge in [-0.2, -0.15) is 0 Å². The zero-order valence-electron chi connectivity index (χ0n) is 12.0. The van der Waals surface area contributed by atoms with Crippen molar-refractivity contribution in [1.29, 1.82) is 0 Å². The first-order valence-electron chi connectivity index (χ1n) is 7.94. The van der Waals surface area contributed by atoms with E-state index < -0.39 is 11.8 Å². The Kier molecular flexibility index (Phi) is 2.81. The van der Waals surface area contributed by atoms with Gasteiger partial charge < -0.3 is 23.7 Å². The highest BCUT2D eigenvalue weighted by molar-refractivity contribution is 5.84. The van der Waals surface area contributed by atoms with Gasteiger partial charge in [-0.05, 0) is 6.42 Å². The first-order chi connectivity index (χ1) is 10.7. The number of hydrogen-bond acceptors (Lipinski definition) is 7. The number of fused-ring (bicyclic) bond motifs is 5. The van der Waals surface area contributed by atoms with Gasteiger partial charge in [-0.25, -0.2) is 0 Å². The Morgan fingerprint density at radius 1 is 0.864 bits per heavy atom. The molecule has 8 atom stereocenters. The fourth-order valence-corrected chi connectivity index (χ4v) is 4.16. The van der Waals surface area contributed by atoms with Gasteiger partial charge in [0.05, 0.1) is 37.3 Å². The van der Waals surface area contributed by atoms with E-state index in [1.807, 2.05) is 0 Å². The van der Waals surface area contributed by atoms with E-state index in [-0.39, 0.29) is 61.4 Å². The van der Waals surface area contributed by atoms with Crippen LogP contribution in [0.2, 0.25) is 0 Å². The summed E-state index contributed by atoms with van der Waals surface area (Å²) < 4.78 is 26.4. The molecule has 7 heteroatoms. The normalized spacial score (nSPS) is 49.5. The monoisotopic (exact) mass is 310 g/mol. The Morgan fingerprint density at radius 2 is 1.32 bits per heavy atom. The minimum absolute atomic E-state index is 0.0323. The zero-order valence-corrected chi connectivity index (χ0v) is 12.0. The van der Waals surface area contributed by atoms with Gasteiger partial charge in [0.15, 0.2) is 0 Å². The number of epoxide rings is 3. The topological polar surface area (TPSA) is 90.2 Å². The van der Waals surface area contributed by atoms with E-state index >= 15 is 0 Å². The maximum absolute atomic E-state index is 12.4. The first kappa shape index (κ1) is 13.3. The van der Waals surface area contributed by atoms with E-state index in [1.165, 1.54) is 0 Å². The van der Waals surface area contributed by atoms with Crippen LogP contribution in [0.1, 0.15) is 6.42 Å². The van der Waals surface area contributed by atoms with Crippen molar-refractivity contribution in [2.75, 3.05) is 26.4 Å². The molecule has 5 fully saturated rings. The third kappa shape index (κ3) is 2.14. The van der Waals surface area contributed by atoms with Crippen LogP contribution in [0.5, 0.6) is 0 Å². The second-order valence-electron chi connectivity index (χ2n) is 6.85. The maximum atomic E-state index is 12.4. The summed E-state index contributed by atoms with van der Waals surface area (Å²) in [6, 6.07) is 0. The molecular formula is C15H18O7. The second-order valence-corrected chi connectivity index (χ2v) is 6.85. The number of rotatable bonds is 6. The van der Waals surface area contributed by atoms with Crippen LogP contribution in [0.4, 0.5) is 0 Å². The summed E-state index contributed by atoms with van der Waals surface area (Å²) in [5.41, 5.74) is 0. The van der Waals surface area contributed by atoms with Crippen LogP contribution < -0.4 is 0 Å². The molecule has 0 aromatic rings. The Balaban J connectivity index is 1.28. The molecular weight excluding hydrogens is 292 g/mol. The summed E-state index contributed by atoms with van der Waals surface area (Å²) in [5.74, 6) is -1.28. The van der Waals surface area contributed by atoms with E-state index in [4.69, 9.17) is 23.7 Å². The van der Waals surface area contributed by atoms with Crippen LogP contribution in [-0.4, -0.2) is 62.8 Å². The minimum atomic E-state index is -0.430. The van der Waals surface area contributed by atoms with Crippen LogP contribution in [0.25, 0.3) is 0 Å². The van der Waals surface area contributed by atoms with Crippen LogP contribution in [0.15, 0.2) is 0 Å². The molecule has 8 unspecified atom stereocenters. The summed E-state index contributed by atoms with van der Waals surface area (Å²) in [6.45, 7) is 1.84. The molecule has 0 aromatic carbocycles. The molecule has 120 valence electrons. The summed E-state index contributed by atoms with van der Waals surface area (Å²) in [4.78, 5) is 24.9. The molecule has 2 saturated carbocycles. The average molecular weight is 310 g/mol.